The van der Waals surface area contributed by atoms with Crippen molar-refractivity contribution in [1.82, 2.24) is 9.97 Å². The van der Waals surface area contributed by atoms with Gasteiger partial charge < -0.3 is 10.2 Å². The number of anilines is 2. The highest BCUT2D eigenvalue weighted by Crippen LogP contribution is 2.20. The number of halogens is 2. The Morgan fingerprint density at radius 1 is 1.29 bits per heavy atom. The first-order chi connectivity index (χ1) is 11.5. The minimum absolute atomic E-state index is 0.172. The van der Waals surface area contributed by atoms with Crippen LogP contribution in [0.1, 0.15) is 30.3 Å². The molecule has 1 aromatic heterocycles. The van der Waals surface area contributed by atoms with Crippen LogP contribution in [-0.4, -0.2) is 29.0 Å². The summed E-state index contributed by atoms with van der Waals surface area (Å²) in [6.45, 7) is 3.89. The van der Waals surface area contributed by atoms with E-state index in [0.29, 0.717) is 11.9 Å². The maximum atomic E-state index is 13.2. The summed E-state index contributed by atoms with van der Waals surface area (Å²) in [6, 6.07) is 4.68. The average Bonchev–Trinajstić information content (AvgIpc) is 2.58. The lowest BCUT2D eigenvalue weighted by atomic mass is 10.0. The van der Waals surface area contributed by atoms with Crippen LogP contribution in [0.25, 0.3) is 0 Å². The number of nitrogens with one attached hydrogen (secondary N) is 1. The molecule has 7 heteroatoms. The maximum Gasteiger partial charge on any atom is 0.274 e. The Labute approximate surface area is 138 Å². The lowest BCUT2D eigenvalue weighted by Crippen LogP contribution is -2.35. The molecule has 0 aliphatic carbocycles. The number of carbonyl (C=O) groups is 1. The normalized spacial score (nSPS) is 17.6. The molecule has 2 heterocycles. The predicted molar refractivity (Wildman–Crippen MR) is 87.0 cm³/mol. The van der Waals surface area contributed by atoms with E-state index in [1.165, 1.54) is 24.8 Å². The second kappa shape index (κ2) is 6.90. The zero-order chi connectivity index (χ0) is 17.1. The molecule has 24 heavy (non-hydrogen) atoms. The van der Waals surface area contributed by atoms with Gasteiger partial charge in [-0.1, -0.05) is 6.92 Å². The van der Waals surface area contributed by atoms with E-state index in [1.54, 1.807) is 0 Å². The largest absolute Gasteiger partial charge is 0.341 e. The summed E-state index contributed by atoms with van der Waals surface area (Å²) in [5.41, 5.74) is 0.355. The molecule has 1 fully saturated rings. The zero-order valence-electron chi connectivity index (χ0n) is 13.3. The van der Waals surface area contributed by atoms with Crippen molar-refractivity contribution in [2.75, 3.05) is 23.3 Å². The van der Waals surface area contributed by atoms with Gasteiger partial charge in [0.05, 0.1) is 0 Å². The molecular formula is C17H18F2N4O. The van der Waals surface area contributed by atoms with Crippen molar-refractivity contribution in [2.24, 2.45) is 5.92 Å². The Bertz CT molecular complexity index is 753. The van der Waals surface area contributed by atoms with Gasteiger partial charge in [0.15, 0.2) is 11.6 Å². The maximum absolute atomic E-state index is 13.2. The molecule has 1 N–H and O–H groups in total. The van der Waals surface area contributed by atoms with Crippen LogP contribution in [0.15, 0.2) is 30.5 Å². The average molecular weight is 332 g/mol. The van der Waals surface area contributed by atoms with E-state index >= 15 is 0 Å². The van der Waals surface area contributed by atoms with Gasteiger partial charge in [0, 0.05) is 31.0 Å². The minimum Gasteiger partial charge on any atom is -0.341 e. The molecule has 126 valence electrons. The molecule has 1 aliphatic heterocycles. The van der Waals surface area contributed by atoms with Crippen LogP contribution in [-0.2, 0) is 0 Å². The van der Waals surface area contributed by atoms with E-state index in [4.69, 9.17) is 0 Å². The van der Waals surface area contributed by atoms with Crippen molar-refractivity contribution < 1.29 is 13.6 Å². The van der Waals surface area contributed by atoms with E-state index in [0.717, 1.165) is 31.6 Å². The molecule has 2 aromatic rings. The SMILES string of the molecule is CC1CCCN(c2nccc(C(=O)Nc3ccc(F)c(F)c3)n2)C1. The van der Waals surface area contributed by atoms with Crippen molar-refractivity contribution in [3.05, 3.63) is 47.8 Å². The van der Waals surface area contributed by atoms with Gasteiger partial charge in [-0.2, -0.15) is 0 Å². The van der Waals surface area contributed by atoms with Crippen molar-refractivity contribution in [3.63, 3.8) is 0 Å². The molecule has 0 radical (unpaired) electrons. The van der Waals surface area contributed by atoms with Gasteiger partial charge in [-0.25, -0.2) is 18.7 Å². The fourth-order valence-electron chi connectivity index (χ4n) is 2.77. The molecule has 0 saturated carbocycles. The van der Waals surface area contributed by atoms with Crippen LogP contribution in [0.4, 0.5) is 20.4 Å². The third-order valence-electron chi connectivity index (χ3n) is 3.99. The lowest BCUT2D eigenvalue weighted by molar-refractivity contribution is 0.102. The molecule has 1 unspecified atom stereocenters. The van der Waals surface area contributed by atoms with Crippen LogP contribution in [0, 0.1) is 17.6 Å². The number of amides is 1. The number of hydrogen-bond acceptors (Lipinski definition) is 4. The van der Waals surface area contributed by atoms with E-state index < -0.39 is 17.5 Å². The Hall–Kier alpha value is -2.57. The highest BCUT2D eigenvalue weighted by atomic mass is 19.2. The summed E-state index contributed by atoms with van der Waals surface area (Å²) in [6.07, 6.45) is 3.77. The molecule has 1 saturated heterocycles. The van der Waals surface area contributed by atoms with Crippen LogP contribution < -0.4 is 10.2 Å². The fourth-order valence-corrected chi connectivity index (χ4v) is 2.77. The second-order valence-corrected chi connectivity index (χ2v) is 6.02. The number of aromatic nitrogens is 2. The van der Waals surface area contributed by atoms with Gasteiger partial charge in [-0.15, -0.1) is 0 Å². The van der Waals surface area contributed by atoms with E-state index in [9.17, 15) is 13.6 Å². The first kappa shape index (κ1) is 16.3. The first-order valence-electron chi connectivity index (χ1n) is 7.87. The van der Waals surface area contributed by atoms with Gasteiger partial charge in [-0.05, 0) is 37.0 Å². The molecule has 5 nitrogen and oxygen atoms in total. The summed E-state index contributed by atoms with van der Waals surface area (Å²) in [7, 11) is 0. The Morgan fingerprint density at radius 3 is 2.88 bits per heavy atom. The number of carbonyl (C=O) groups excluding carboxylic acids is 1. The summed E-state index contributed by atoms with van der Waals surface area (Å²) in [4.78, 5) is 22.9. The van der Waals surface area contributed by atoms with Crippen molar-refractivity contribution >= 4 is 17.5 Å². The van der Waals surface area contributed by atoms with E-state index in [-0.39, 0.29) is 11.4 Å². The quantitative estimate of drug-likeness (QED) is 0.937. The number of nitrogens with zero attached hydrogens (tertiary/aromatic N) is 3. The molecule has 1 aromatic carbocycles. The third kappa shape index (κ3) is 3.67. The Balaban J connectivity index is 1.75. The first-order valence-corrected chi connectivity index (χ1v) is 7.87. The Morgan fingerprint density at radius 2 is 2.12 bits per heavy atom. The summed E-state index contributed by atoms with van der Waals surface area (Å²) in [5, 5.41) is 2.51. The minimum atomic E-state index is -1.02. The van der Waals surface area contributed by atoms with Crippen molar-refractivity contribution in [1.29, 1.82) is 0 Å². The van der Waals surface area contributed by atoms with Crippen LogP contribution in [0.3, 0.4) is 0 Å². The van der Waals surface area contributed by atoms with E-state index in [1.807, 2.05) is 0 Å². The number of rotatable bonds is 3. The third-order valence-corrected chi connectivity index (χ3v) is 3.99. The van der Waals surface area contributed by atoms with Crippen LogP contribution in [0.5, 0.6) is 0 Å². The van der Waals surface area contributed by atoms with Crippen LogP contribution in [0.2, 0.25) is 0 Å². The summed E-state index contributed by atoms with van der Waals surface area (Å²) >= 11 is 0. The lowest BCUT2D eigenvalue weighted by Gasteiger charge is -2.30. The highest BCUT2D eigenvalue weighted by Gasteiger charge is 2.20. The molecule has 0 spiro atoms. The highest BCUT2D eigenvalue weighted by molar-refractivity contribution is 6.02. The topological polar surface area (TPSA) is 58.1 Å². The van der Waals surface area contributed by atoms with Gasteiger partial charge in [0.2, 0.25) is 5.95 Å². The molecule has 1 atom stereocenters. The zero-order valence-corrected chi connectivity index (χ0v) is 13.3. The molecule has 1 aliphatic rings. The van der Waals surface area contributed by atoms with Crippen molar-refractivity contribution in [2.45, 2.75) is 19.8 Å². The standard InChI is InChI=1S/C17H18F2N4O/c1-11-3-2-8-23(10-11)17-20-7-6-15(22-17)16(24)21-12-4-5-13(18)14(19)9-12/h4-7,9,11H,2-3,8,10H2,1H3,(H,21,24). The second-order valence-electron chi connectivity index (χ2n) is 6.02. The summed E-state index contributed by atoms with van der Waals surface area (Å²) in [5.74, 6) is -1.40. The van der Waals surface area contributed by atoms with Gasteiger partial charge >= 0.3 is 0 Å². The molecule has 3 rings (SSSR count). The molecule has 0 bridgehead atoms. The summed E-state index contributed by atoms with van der Waals surface area (Å²) < 4.78 is 26.2. The molecular weight excluding hydrogens is 314 g/mol. The number of piperidine rings is 1. The van der Waals surface area contributed by atoms with Crippen LogP contribution >= 0.6 is 0 Å². The molecule has 1 amide bonds. The van der Waals surface area contributed by atoms with Gasteiger partial charge in [0.25, 0.3) is 5.91 Å². The van der Waals surface area contributed by atoms with Gasteiger partial charge in [-0.3, -0.25) is 4.79 Å². The van der Waals surface area contributed by atoms with Gasteiger partial charge in [0.1, 0.15) is 5.69 Å². The fraction of sp³-hybridized carbons (Fsp3) is 0.353. The van der Waals surface area contributed by atoms with Crippen molar-refractivity contribution in [3.8, 4) is 0 Å². The van der Waals surface area contributed by atoms with E-state index in [2.05, 4.69) is 27.1 Å². The Kier molecular flexibility index (Phi) is 4.69. The number of benzene rings is 1. The smallest absolute Gasteiger partial charge is 0.274 e. The monoisotopic (exact) mass is 332 g/mol. The predicted octanol–water partition coefficient (Wildman–Crippen LogP) is 3.24. The number of hydrogen-bond donors (Lipinski definition) is 1.